The van der Waals surface area contributed by atoms with E-state index in [0.29, 0.717) is 12.3 Å². The van der Waals surface area contributed by atoms with Crippen LogP contribution in [0.2, 0.25) is 0 Å². The van der Waals surface area contributed by atoms with Crippen LogP contribution in [0.4, 0.5) is 5.69 Å². The predicted octanol–water partition coefficient (Wildman–Crippen LogP) is 0.713. The van der Waals surface area contributed by atoms with Crippen LogP contribution in [-0.4, -0.2) is 49.0 Å². The highest BCUT2D eigenvalue weighted by molar-refractivity contribution is 5.52. The van der Waals surface area contributed by atoms with Crippen LogP contribution >= 0.6 is 0 Å². The van der Waals surface area contributed by atoms with E-state index in [-0.39, 0.29) is 0 Å². The van der Waals surface area contributed by atoms with Crippen molar-refractivity contribution in [1.29, 1.82) is 0 Å². The minimum atomic E-state index is 0.295. The number of carbonyl (C=O) groups excluding carboxylic acids is 1. The van der Waals surface area contributed by atoms with Crippen LogP contribution in [0.15, 0.2) is 24.3 Å². The Morgan fingerprint density at radius 1 is 1.12 bits per heavy atom. The Labute approximate surface area is 95.1 Å². The van der Waals surface area contributed by atoms with E-state index in [1.165, 1.54) is 0 Å². The zero-order valence-corrected chi connectivity index (χ0v) is 9.17. The summed E-state index contributed by atoms with van der Waals surface area (Å²) in [4.78, 5) is 14.8. The molecule has 0 atom stereocenters. The molecule has 0 aliphatic carbocycles. The molecule has 0 bridgehead atoms. The first kappa shape index (κ1) is 11.0. The zero-order chi connectivity index (χ0) is 11.4. The Hall–Kier alpha value is -1.55. The molecular formula is C12H16N2O2. The molecule has 1 aromatic carbocycles. The van der Waals surface area contributed by atoms with Gasteiger partial charge in [-0.05, 0) is 24.3 Å². The highest BCUT2D eigenvalue weighted by atomic mass is 16.3. The lowest BCUT2D eigenvalue weighted by Gasteiger charge is -2.35. The van der Waals surface area contributed by atoms with Gasteiger partial charge in [-0.1, -0.05) is 0 Å². The summed E-state index contributed by atoms with van der Waals surface area (Å²) in [6.45, 7) is 4.22. The zero-order valence-electron chi connectivity index (χ0n) is 9.17. The van der Waals surface area contributed by atoms with E-state index in [0.717, 1.165) is 38.2 Å². The van der Waals surface area contributed by atoms with Crippen LogP contribution in [0.25, 0.3) is 0 Å². The third-order valence-electron chi connectivity index (χ3n) is 2.92. The fraction of sp³-hybridized carbons (Fsp3) is 0.417. The quantitative estimate of drug-likeness (QED) is 0.762. The Balaban J connectivity index is 1.93. The molecule has 0 spiro atoms. The first-order valence-corrected chi connectivity index (χ1v) is 5.49. The van der Waals surface area contributed by atoms with Crippen molar-refractivity contribution in [2.45, 2.75) is 0 Å². The van der Waals surface area contributed by atoms with Gasteiger partial charge in [0.25, 0.3) is 0 Å². The molecule has 0 saturated carbocycles. The second-order valence-electron chi connectivity index (χ2n) is 3.97. The summed E-state index contributed by atoms with van der Waals surface area (Å²) >= 11 is 0. The van der Waals surface area contributed by atoms with Crippen LogP contribution < -0.4 is 4.90 Å². The van der Waals surface area contributed by atoms with Crippen molar-refractivity contribution >= 4 is 12.0 Å². The molecule has 4 nitrogen and oxygen atoms in total. The van der Waals surface area contributed by atoms with E-state index in [4.69, 9.17) is 0 Å². The maximum atomic E-state index is 10.4. The summed E-state index contributed by atoms with van der Waals surface area (Å²) < 4.78 is 0. The van der Waals surface area contributed by atoms with Gasteiger partial charge >= 0.3 is 0 Å². The van der Waals surface area contributed by atoms with Crippen LogP contribution in [0.3, 0.4) is 0 Å². The van der Waals surface area contributed by atoms with Gasteiger partial charge in [-0.2, -0.15) is 0 Å². The van der Waals surface area contributed by atoms with Gasteiger partial charge in [0.1, 0.15) is 12.0 Å². The summed E-state index contributed by atoms with van der Waals surface area (Å²) in [5, 5.41) is 9.20. The molecule has 86 valence electrons. The fourth-order valence-electron chi connectivity index (χ4n) is 1.96. The smallest absolute Gasteiger partial charge is 0.133 e. The number of rotatable bonds is 3. The molecule has 0 unspecified atom stereocenters. The molecule has 1 heterocycles. The van der Waals surface area contributed by atoms with Crippen molar-refractivity contribution in [2.24, 2.45) is 0 Å². The molecule has 0 aromatic heterocycles. The third kappa shape index (κ3) is 2.52. The largest absolute Gasteiger partial charge is 0.508 e. The van der Waals surface area contributed by atoms with Crippen molar-refractivity contribution in [2.75, 3.05) is 37.6 Å². The van der Waals surface area contributed by atoms with Gasteiger partial charge < -0.3 is 14.8 Å². The predicted molar refractivity (Wildman–Crippen MR) is 62.8 cm³/mol. The van der Waals surface area contributed by atoms with Gasteiger partial charge in [0.15, 0.2) is 0 Å². The Morgan fingerprint density at radius 3 is 2.31 bits per heavy atom. The summed E-state index contributed by atoms with van der Waals surface area (Å²) in [7, 11) is 0. The number of aldehydes is 1. The molecule has 2 rings (SSSR count). The van der Waals surface area contributed by atoms with Crippen molar-refractivity contribution in [3.63, 3.8) is 0 Å². The summed E-state index contributed by atoms with van der Waals surface area (Å²) in [5.41, 5.74) is 1.13. The van der Waals surface area contributed by atoms with Crippen molar-refractivity contribution < 1.29 is 9.90 Å². The first-order valence-electron chi connectivity index (χ1n) is 5.49. The van der Waals surface area contributed by atoms with Crippen LogP contribution in [0.1, 0.15) is 0 Å². The van der Waals surface area contributed by atoms with Gasteiger partial charge in [0.05, 0.1) is 6.54 Å². The topological polar surface area (TPSA) is 43.8 Å². The molecule has 1 fully saturated rings. The number of carbonyl (C=O) groups is 1. The summed E-state index contributed by atoms with van der Waals surface area (Å²) in [5.74, 6) is 0.295. The van der Waals surface area contributed by atoms with E-state index >= 15 is 0 Å². The molecule has 0 amide bonds. The molecule has 0 radical (unpaired) electrons. The highest BCUT2D eigenvalue weighted by Gasteiger charge is 2.16. The summed E-state index contributed by atoms with van der Waals surface area (Å²) in [6, 6.07) is 7.25. The van der Waals surface area contributed by atoms with E-state index < -0.39 is 0 Å². The normalized spacial score (nSPS) is 17.4. The number of phenolic OH excluding ortho intramolecular Hbond substituents is 1. The number of aromatic hydroxyl groups is 1. The van der Waals surface area contributed by atoms with Crippen LogP contribution in [0, 0.1) is 0 Å². The lowest BCUT2D eigenvalue weighted by Crippen LogP contribution is -2.46. The Kier molecular flexibility index (Phi) is 3.41. The van der Waals surface area contributed by atoms with Crippen molar-refractivity contribution in [3.05, 3.63) is 24.3 Å². The fourth-order valence-corrected chi connectivity index (χ4v) is 1.96. The second-order valence-corrected chi connectivity index (χ2v) is 3.97. The van der Waals surface area contributed by atoms with Gasteiger partial charge in [-0.3, -0.25) is 4.90 Å². The van der Waals surface area contributed by atoms with E-state index in [9.17, 15) is 9.90 Å². The second kappa shape index (κ2) is 4.99. The molecule has 1 N–H and O–H groups in total. The van der Waals surface area contributed by atoms with Gasteiger partial charge in [-0.25, -0.2) is 0 Å². The molecule has 4 heteroatoms. The van der Waals surface area contributed by atoms with Crippen LogP contribution in [-0.2, 0) is 4.79 Å². The standard InChI is InChI=1S/C12H16N2O2/c15-10-9-13-5-7-14(8-6-13)11-1-3-12(16)4-2-11/h1-4,10,16H,5-9H2. The maximum Gasteiger partial charge on any atom is 0.133 e. The SMILES string of the molecule is O=CCN1CCN(c2ccc(O)cc2)CC1. The Morgan fingerprint density at radius 2 is 1.75 bits per heavy atom. The number of hydrogen-bond donors (Lipinski definition) is 1. The molecular weight excluding hydrogens is 204 g/mol. The number of piperazine rings is 1. The van der Waals surface area contributed by atoms with Gasteiger partial charge in [-0.15, -0.1) is 0 Å². The van der Waals surface area contributed by atoms with Gasteiger partial charge in [0, 0.05) is 31.9 Å². The van der Waals surface area contributed by atoms with Gasteiger partial charge in [0.2, 0.25) is 0 Å². The van der Waals surface area contributed by atoms with Crippen LogP contribution in [0.5, 0.6) is 5.75 Å². The number of anilines is 1. The highest BCUT2D eigenvalue weighted by Crippen LogP contribution is 2.19. The Bertz CT molecular complexity index is 343. The molecule has 1 saturated heterocycles. The monoisotopic (exact) mass is 220 g/mol. The van der Waals surface area contributed by atoms with E-state index in [1.807, 2.05) is 12.1 Å². The van der Waals surface area contributed by atoms with Crippen molar-refractivity contribution in [3.8, 4) is 5.75 Å². The van der Waals surface area contributed by atoms with E-state index in [1.54, 1.807) is 12.1 Å². The molecule has 1 aliphatic rings. The average Bonchev–Trinajstić information content (AvgIpc) is 2.32. The van der Waals surface area contributed by atoms with E-state index in [2.05, 4.69) is 9.80 Å². The minimum absolute atomic E-state index is 0.295. The number of hydrogen-bond acceptors (Lipinski definition) is 4. The lowest BCUT2D eigenvalue weighted by molar-refractivity contribution is -0.108. The minimum Gasteiger partial charge on any atom is -0.508 e. The molecule has 1 aromatic rings. The molecule has 16 heavy (non-hydrogen) atoms. The third-order valence-corrected chi connectivity index (χ3v) is 2.92. The maximum absolute atomic E-state index is 10.4. The number of benzene rings is 1. The first-order chi connectivity index (χ1) is 7.79. The lowest BCUT2D eigenvalue weighted by atomic mass is 10.2. The number of phenols is 1. The number of nitrogens with zero attached hydrogens (tertiary/aromatic N) is 2. The average molecular weight is 220 g/mol. The van der Waals surface area contributed by atoms with Crippen molar-refractivity contribution in [1.82, 2.24) is 4.90 Å². The molecule has 1 aliphatic heterocycles. The summed E-state index contributed by atoms with van der Waals surface area (Å²) in [6.07, 6.45) is 0.955.